The maximum Gasteiger partial charge on any atom is 0.334 e. The third kappa shape index (κ3) is 1.72. The van der Waals surface area contributed by atoms with Crippen molar-refractivity contribution < 1.29 is 9.90 Å². The molecule has 1 aliphatic carbocycles. The van der Waals surface area contributed by atoms with Gasteiger partial charge in [0, 0.05) is 23.2 Å². The molecule has 0 spiro atoms. The van der Waals surface area contributed by atoms with Gasteiger partial charge in [-0.15, -0.1) is 0 Å². The molecule has 0 amide bonds. The van der Waals surface area contributed by atoms with Crippen LogP contribution in [0.25, 0.3) is 0 Å². The van der Waals surface area contributed by atoms with E-state index >= 15 is 0 Å². The molecule has 3 rings (SSSR count). The number of aliphatic carboxylic acids is 1. The minimum absolute atomic E-state index is 0.334. The molecule has 0 fully saturated rings. The van der Waals surface area contributed by atoms with E-state index in [2.05, 4.69) is 11.1 Å². The topological polar surface area (TPSA) is 52.9 Å². The van der Waals surface area contributed by atoms with E-state index in [-0.39, 0.29) is 0 Å². The highest BCUT2D eigenvalue weighted by Gasteiger charge is 2.31. The lowest BCUT2D eigenvalue weighted by atomic mass is 10.2. The number of carboxylic acids is 1. The SMILES string of the molecule is O=C(O)C1=CN=C2SC3=C(CC=CC=C3)N2C1. The quantitative estimate of drug-likeness (QED) is 0.769. The number of allylic oxidation sites excluding steroid dienone is 4. The zero-order valence-corrected chi connectivity index (χ0v) is 9.78. The summed E-state index contributed by atoms with van der Waals surface area (Å²) in [7, 11) is 0. The Kier molecular flexibility index (Phi) is 2.40. The van der Waals surface area contributed by atoms with Crippen LogP contribution in [0, 0.1) is 0 Å². The van der Waals surface area contributed by atoms with Crippen LogP contribution in [0.1, 0.15) is 6.42 Å². The van der Waals surface area contributed by atoms with Gasteiger partial charge in [0.05, 0.1) is 12.1 Å². The van der Waals surface area contributed by atoms with Gasteiger partial charge in [-0.2, -0.15) is 0 Å². The van der Waals surface area contributed by atoms with E-state index < -0.39 is 5.97 Å². The molecule has 5 heteroatoms. The molecule has 3 aliphatic rings. The molecule has 0 aromatic heterocycles. The first-order chi connectivity index (χ1) is 8.25. The van der Waals surface area contributed by atoms with Crippen molar-refractivity contribution >= 4 is 22.9 Å². The van der Waals surface area contributed by atoms with E-state index in [1.165, 1.54) is 6.20 Å². The zero-order chi connectivity index (χ0) is 11.8. The normalized spacial score (nSPS) is 21.8. The lowest BCUT2D eigenvalue weighted by Crippen LogP contribution is -2.31. The molecule has 0 saturated heterocycles. The summed E-state index contributed by atoms with van der Waals surface area (Å²) in [5.41, 5.74) is 1.48. The summed E-state index contributed by atoms with van der Waals surface area (Å²) in [5.74, 6) is -0.897. The predicted molar refractivity (Wildman–Crippen MR) is 67.4 cm³/mol. The van der Waals surface area contributed by atoms with Crippen LogP contribution in [0.5, 0.6) is 0 Å². The molecule has 0 aromatic rings. The average molecular weight is 246 g/mol. The predicted octanol–water partition coefficient (Wildman–Crippen LogP) is 2.10. The van der Waals surface area contributed by atoms with Gasteiger partial charge in [0.15, 0.2) is 5.17 Å². The first-order valence-corrected chi connectivity index (χ1v) is 6.09. The van der Waals surface area contributed by atoms with Gasteiger partial charge in [-0.05, 0) is 17.8 Å². The number of hydrogen-bond acceptors (Lipinski definition) is 4. The van der Waals surface area contributed by atoms with Crippen molar-refractivity contribution in [2.24, 2.45) is 4.99 Å². The van der Waals surface area contributed by atoms with Crippen LogP contribution in [0.3, 0.4) is 0 Å². The van der Waals surface area contributed by atoms with Crippen LogP contribution in [0.4, 0.5) is 0 Å². The van der Waals surface area contributed by atoms with Gasteiger partial charge < -0.3 is 10.0 Å². The summed E-state index contributed by atoms with van der Waals surface area (Å²) in [4.78, 5) is 18.3. The van der Waals surface area contributed by atoms with Crippen LogP contribution in [0.2, 0.25) is 0 Å². The molecule has 2 heterocycles. The number of amidine groups is 1. The third-order valence-corrected chi connectivity index (χ3v) is 3.88. The molecule has 2 aliphatic heterocycles. The lowest BCUT2D eigenvalue weighted by Gasteiger charge is -2.24. The number of thioether (sulfide) groups is 1. The van der Waals surface area contributed by atoms with Gasteiger partial charge >= 0.3 is 5.97 Å². The summed E-state index contributed by atoms with van der Waals surface area (Å²) in [6.07, 6.45) is 10.4. The second kappa shape index (κ2) is 3.92. The molecule has 0 bridgehead atoms. The molecular weight excluding hydrogens is 236 g/mol. The van der Waals surface area contributed by atoms with Gasteiger partial charge in [0.25, 0.3) is 0 Å². The maximum absolute atomic E-state index is 11.0. The number of hydrogen-bond donors (Lipinski definition) is 1. The number of aliphatic imine (C=N–C) groups is 1. The van der Waals surface area contributed by atoms with Gasteiger partial charge in [-0.3, -0.25) is 0 Å². The Morgan fingerprint density at radius 1 is 1.47 bits per heavy atom. The third-order valence-electron chi connectivity index (χ3n) is 2.78. The maximum atomic E-state index is 11.0. The molecule has 0 saturated carbocycles. The van der Waals surface area contributed by atoms with Gasteiger partial charge in [0.2, 0.25) is 0 Å². The number of fused-ring (bicyclic) bond motifs is 2. The highest BCUT2D eigenvalue weighted by atomic mass is 32.2. The summed E-state index contributed by atoms with van der Waals surface area (Å²) in [5, 5.41) is 9.87. The molecule has 0 unspecified atom stereocenters. The van der Waals surface area contributed by atoms with Crippen LogP contribution >= 0.6 is 11.8 Å². The van der Waals surface area contributed by atoms with Crippen LogP contribution < -0.4 is 0 Å². The number of carbonyl (C=O) groups is 1. The minimum atomic E-state index is -0.897. The Hall–Kier alpha value is -1.75. The Bertz CT molecular complexity index is 541. The first-order valence-electron chi connectivity index (χ1n) is 5.27. The molecular formula is C12H10N2O2S. The van der Waals surface area contributed by atoms with Gasteiger partial charge in [-0.1, -0.05) is 18.2 Å². The van der Waals surface area contributed by atoms with Crippen molar-refractivity contribution in [3.05, 3.63) is 46.7 Å². The molecule has 17 heavy (non-hydrogen) atoms. The zero-order valence-electron chi connectivity index (χ0n) is 8.96. The standard InChI is InChI=1S/C12H10N2O2S/c15-11(16)8-6-13-12-14(7-8)9-4-2-1-3-5-10(9)17-12/h1-3,5-6H,4,7H2,(H,15,16). The lowest BCUT2D eigenvalue weighted by molar-refractivity contribution is -0.132. The minimum Gasteiger partial charge on any atom is -0.478 e. The van der Waals surface area contributed by atoms with Gasteiger partial charge in [-0.25, -0.2) is 9.79 Å². The average Bonchev–Trinajstić information content (AvgIpc) is 2.51. The monoisotopic (exact) mass is 246 g/mol. The Balaban J connectivity index is 1.95. The molecule has 0 aromatic carbocycles. The second-order valence-electron chi connectivity index (χ2n) is 3.86. The number of rotatable bonds is 1. The highest BCUT2D eigenvalue weighted by molar-refractivity contribution is 8.17. The smallest absolute Gasteiger partial charge is 0.334 e. The van der Waals surface area contributed by atoms with Crippen molar-refractivity contribution in [1.82, 2.24) is 4.90 Å². The summed E-state index contributed by atoms with van der Waals surface area (Å²) < 4.78 is 0. The Morgan fingerprint density at radius 3 is 3.18 bits per heavy atom. The van der Waals surface area contributed by atoms with Crippen molar-refractivity contribution in [3.63, 3.8) is 0 Å². The summed E-state index contributed by atoms with van der Waals surface area (Å²) >= 11 is 1.60. The highest BCUT2D eigenvalue weighted by Crippen LogP contribution is 2.39. The number of carboxylic acid groups (broad SMARTS) is 1. The van der Waals surface area contributed by atoms with Crippen molar-refractivity contribution in [2.75, 3.05) is 6.54 Å². The second-order valence-corrected chi connectivity index (χ2v) is 4.87. The van der Waals surface area contributed by atoms with Crippen molar-refractivity contribution in [2.45, 2.75) is 6.42 Å². The fourth-order valence-corrected chi connectivity index (χ4v) is 2.97. The fourth-order valence-electron chi connectivity index (χ4n) is 1.93. The molecule has 0 radical (unpaired) electrons. The van der Waals surface area contributed by atoms with E-state index in [1.807, 2.05) is 23.1 Å². The largest absolute Gasteiger partial charge is 0.478 e. The Labute approximate surface area is 103 Å². The Morgan fingerprint density at radius 2 is 2.35 bits per heavy atom. The fraction of sp³-hybridized carbons (Fsp3) is 0.167. The van der Waals surface area contributed by atoms with Crippen molar-refractivity contribution in [1.29, 1.82) is 0 Å². The van der Waals surface area contributed by atoms with Crippen LogP contribution in [0.15, 0.2) is 51.7 Å². The van der Waals surface area contributed by atoms with E-state index in [9.17, 15) is 4.79 Å². The van der Waals surface area contributed by atoms with Crippen molar-refractivity contribution in [3.8, 4) is 0 Å². The molecule has 0 atom stereocenters. The van der Waals surface area contributed by atoms with E-state index in [1.54, 1.807) is 11.8 Å². The van der Waals surface area contributed by atoms with Gasteiger partial charge in [0.1, 0.15) is 0 Å². The number of nitrogens with zero attached hydrogens (tertiary/aromatic N) is 2. The van der Waals surface area contributed by atoms with Crippen LogP contribution in [-0.4, -0.2) is 27.7 Å². The molecule has 4 nitrogen and oxygen atoms in total. The van der Waals surface area contributed by atoms with E-state index in [4.69, 9.17) is 5.11 Å². The molecule has 1 N–H and O–H groups in total. The van der Waals surface area contributed by atoms with E-state index in [0.29, 0.717) is 12.1 Å². The summed E-state index contributed by atoms with van der Waals surface area (Å²) in [6, 6.07) is 0. The van der Waals surface area contributed by atoms with E-state index in [0.717, 1.165) is 22.2 Å². The molecule has 86 valence electrons. The summed E-state index contributed by atoms with van der Waals surface area (Å²) in [6.45, 7) is 0.404. The van der Waals surface area contributed by atoms with Crippen LogP contribution in [-0.2, 0) is 4.79 Å². The first kappa shape index (κ1) is 10.4.